The van der Waals surface area contributed by atoms with Crippen molar-refractivity contribution in [2.24, 2.45) is 0 Å². The van der Waals surface area contributed by atoms with E-state index in [4.69, 9.17) is 4.98 Å². The van der Waals surface area contributed by atoms with Crippen molar-refractivity contribution in [1.29, 1.82) is 0 Å². The highest BCUT2D eigenvalue weighted by molar-refractivity contribution is 9.10. The first-order chi connectivity index (χ1) is 12.0. The molecule has 1 aliphatic rings. The Morgan fingerprint density at radius 1 is 1.16 bits per heavy atom. The van der Waals surface area contributed by atoms with Gasteiger partial charge in [-0.1, -0.05) is 34.1 Å². The number of aromatic nitrogens is 1. The molecule has 0 amide bonds. The van der Waals surface area contributed by atoms with E-state index in [9.17, 15) is 8.42 Å². The van der Waals surface area contributed by atoms with Crippen molar-refractivity contribution in [2.45, 2.75) is 23.7 Å². The SMILES string of the molecule is O=S(=O)(c1cccc(Br)c1)N1CCC[C@@H](c2nc3ccccc3s2)C1. The van der Waals surface area contributed by atoms with E-state index in [-0.39, 0.29) is 5.92 Å². The van der Waals surface area contributed by atoms with Crippen LogP contribution in [-0.2, 0) is 10.0 Å². The molecule has 3 aromatic rings. The van der Waals surface area contributed by atoms with Gasteiger partial charge in [0.25, 0.3) is 0 Å². The van der Waals surface area contributed by atoms with Gasteiger partial charge in [0.05, 0.1) is 20.1 Å². The molecule has 0 saturated carbocycles. The predicted octanol–water partition coefficient (Wildman–Crippen LogP) is 4.63. The molecule has 2 aromatic carbocycles. The van der Waals surface area contributed by atoms with Crippen molar-refractivity contribution >= 4 is 47.5 Å². The third kappa shape index (κ3) is 3.38. The first-order valence-corrected chi connectivity index (χ1v) is 11.2. The minimum atomic E-state index is -3.48. The van der Waals surface area contributed by atoms with Crippen LogP contribution in [0.25, 0.3) is 10.2 Å². The Kier molecular flexibility index (Phi) is 4.66. The highest BCUT2D eigenvalue weighted by Gasteiger charge is 2.32. The summed E-state index contributed by atoms with van der Waals surface area (Å²) in [6, 6.07) is 15.0. The molecule has 1 aromatic heterocycles. The average Bonchev–Trinajstić information content (AvgIpc) is 3.06. The summed E-state index contributed by atoms with van der Waals surface area (Å²) in [4.78, 5) is 5.07. The molecule has 1 saturated heterocycles. The number of sulfonamides is 1. The maximum Gasteiger partial charge on any atom is 0.243 e. The molecule has 0 aliphatic carbocycles. The van der Waals surface area contributed by atoms with Crippen LogP contribution in [0.2, 0.25) is 0 Å². The molecule has 2 heterocycles. The highest BCUT2D eigenvalue weighted by atomic mass is 79.9. The summed E-state index contributed by atoms with van der Waals surface area (Å²) in [5.41, 5.74) is 0.995. The van der Waals surface area contributed by atoms with Crippen LogP contribution < -0.4 is 0 Å². The molecular weight excluding hydrogens is 420 g/mol. The number of halogens is 1. The zero-order chi connectivity index (χ0) is 17.4. The molecule has 0 radical (unpaired) electrons. The molecule has 4 nitrogen and oxygen atoms in total. The second-order valence-corrected chi connectivity index (χ2v) is 10.1. The summed E-state index contributed by atoms with van der Waals surface area (Å²) in [7, 11) is -3.48. The zero-order valence-electron chi connectivity index (χ0n) is 13.4. The molecule has 130 valence electrons. The van der Waals surface area contributed by atoms with Gasteiger partial charge in [-0.05, 0) is 43.2 Å². The van der Waals surface area contributed by atoms with E-state index in [0.717, 1.165) is 32.5 Å². The van der Waals surface area contributed by atoms with Gasteiger partial charge in [0, 0.05) is 23.5 Å². The summed E-state index contributed by atoms with van der Waals surface area (Å²) in [5, 5.41) is 1.04. The number of nitrogens with zero attached hydrogens (tertiary/aromatic N) is 2. The first kappa shape index (κ1) is 17.1. The van der Waals surface area contributed by atoms with Crippen molar-refractivity contribution in [3.8, 4) is 0 Å². The molecule has 1 atom stereocenters. The average molecular weight is 437 g/mol. The summed E-state index contributed by atoms with van der Waals surface area (Å²) >= 11 is 5.03. The Balaban J connectivity index is 1.62. The van der Waals surface area contributed by atoms with Gasteiger partial charge in [-0.15, -0.1) is 11.3 Å². The minimum Gasteiger partial charge on any atom is -0.241 e. The van der Waals surface area contributed by atoms with Crippen molar-refractivity contribution < 1.29 is 8.42 Å². The van der Waals surface area contributed by atoms with Gasteiger partial charge in [-0.3, -0.25) is 0 Å². The largest absolute Gasteiger partial charge is 0.243 e. The second kappa shape index (κ2) is 6.79. The number of rotatable bonds is 3. The number of piperidine rings is 1. The number of benzene rings is 2. The Morgan fingerprint density at radius 2 is 2.00 bits per heavy atom. The molecule has 25 heavy (non-hydrogen) atoms. The fourth-order valence-electron chi connectivity index (χ4n) is 3.20. The second-order valence-electron chi connectivity index (χ2n) is 6.18. The molecule has 4 rings (SSSR count). The van der Waals surface area contributed by atoms with Crippen LogP contribution in [0.1, 0.15) is 23.8 Å². The van der Waals surface area contributed by atoms with E-state index in [1.807, 2.05) is 24.3 Å². The Labute approximate surface area is 159 Å². The summed E-state index contributed by atoms with van der Waals surface area (Å²) in [6.07, 6.45) is 1.83. The Morgan fingerprint density at radius 3 is 2.80 bits per heavy atom. The van der Waals surface area contributed by atoms with Gasteiger partial charge < -0.3 is 0 Å². The maximum atomic E-state index is 13.0. The quantitative estimate of drug-likeness (QED) is 0.601. The lowest BCUT2D eigenvalue weighted by atomic mass is 10.0. The predicted molar refractivity (Wildman–Crippen MR) is 104 cm³/mol. The van der Waals surface area contributed by atoms with Crippen LogP contribution in [0.4, 0.5) is 0 Å². The van der Waals surface area contributed by atoms with Crippen molar-refractivity contribution in [3.05, 3.63) is 58.0 Å². The topological polar surface area (TPSA) is 50.3 Å². The fraction of sp³-hybridized carbons (Fsp3) is 0.278. The smallest absolute Gasteiger partial charge is 0.241 e. The van der Waals surface area contributed by atoms with Crippen LogP contribution in [0, 0.1) is 0 Å². The van der Waals surface area contributed by atoms with Crippen LogP contribution in [0.15, 0.2) is 57.9 Å². The zero-order valence-corrected chi connectivity index (χ0v) is 16.6. The lowest BCUT2D eigenvalue weighted by molar-refractivity contribution is 0.315. The standard InChI is InChI=1S/C18H17BrN2O2S2/c19-14-6-3-7-15(11-14)25(22,23)21-10-4-5-13(12-21)18-20-16-8-1-2-9-17(16)24-18/h1-3,6-9,11,13H,4-5,10,12H2/t13-/m1/s1. The van der Waals surface area contributed by atoms with Crippen molar-refractivity contribution in [3.63, 3.8) is 0 Å². The number of para-hydroxylation sites is 1. The highest BCUT2D eigenvalue weighted by Crippen LogP contribution is 2.34. The maximum absolute atomic E-state index is 13.0. The van der Waals surface area contributed by atoms with Crippen LogP contribution in [0.3, 0.4) is 0 Å². The molecule has 7 heteroatoms. The number of thiazole rings is 1. The summed E-state index contributed by atoms with van der Waals surface area (Å²) in [6.45, 7) is 1.06. The van der Waals surface area contributed by atoms with Gasteiger partial charge in [0.15, 0.2) is 0 Å². The molecule has 0 unspecified atom stereocenters. The van der Waals surface area contributed by atoms with Gasteiger partial charge in [-0.2, -0.15) is 4.31 Å². The minimum absolute atomic E-state index is 0.160. The van der Waals surface area contributed by atoms with E-state index in [2.05, 4.69) is 22.0 Å². The van der Waals surface area contributed by atoms with E-state index >= 15 is 0 Å². The molecule has 1 fully saturated rings. The molecule has 0 spiro atoms. The van der Waals surface area contributed by atoms with Gasteiger partial charge in [-0.25, -0.2) is 13.4 Å². The summed E-state index contributed by atoms with van der Waals surface area (Å²) < 4.78 is 29.5. The number of fused-ring (bicyclic) bond motifs is 1. The number of hydrogen-bond acceptors (Lipinski definition) is 4. The van der Waals surface area contributed by atoms with Crippen molar-refractivity contribution in [1.82, 2.24) is 9.29 Å². The lowest BCUT2D eigenvalue weighted by Crippen LogP contribution is -2.39. The Hall–Kier alpha value is -1.28. The van der Waals surface area contributed by atoms with Gasteiger partial charge >= 0.3 is 0 Å². The van der Waals surface area contributed by atoms with Crippen molar-refractivity contribution in [2.75, 3.05) is 13.1 Å². The fourth-order valence-corrected chi connectivity index (χ4v) is 6.42. The molecule has 0 N–H and O–H groups in total. The third-order valence-electron chi connectivity index (χ3n) is 4.48. The normalized spacial score (nSPS) is 19.3. The lowest BCUT2D eigenvalue weighted by Gasteiger charge is -2.31. The molecule has 1 aliphatic heterocycles. The van der Waals surface area contributed by atoms with E-state index in [1.165, 1.54) is 0 Å². The number of hydrogen-bond donors (Lipinski definition) is 0. The van der Waals surface area contributed by atoms with Crippen LogP contribution >= 0.6 is 27.3 Å². The summed E-state index contributed by atoms with van der Waals surface area (Å²) in [5.74, 6) is 0.160. The van der Waals surface area contributed by atoms with Crippen LogP contribution in [0.5, 0.6) is 0 Å². The molecule has 0 bridgehead atoms. The van der Waals surface area contributed by atoms with E-state index in [0.29, 0.717) is 18.0 Å². The van der Waals surface area contributed by atoms with Gasteiger partial charge in [0.2, 0.25) is 10.0 Å². The van der Waals surface area contributed by atoms with E-state index < -0.39 is 10.0 Å². The Bertz CT molecular complexity index is 984. The molecular formula is C18H17BrN2O2S2. The van der Waals surface area contributed by atoms with Crippen LogP contribution in [-0.4, -0.2) is 30.8 Å². The third-order valence-corrected chi connectivity index (χ3v) is 8.03. The van der Waals surface area contributed by atoms with Gasteiger partial charge in [0.1, 0.15) is 0 Å². The van der Waals surface area contributed by atoms with E-state index in [1.54, 1.807) is 33.8 Å². The first-order valence-electron chi connectivity index (χ1n) is 8.15. The monoisotopic (exact) mass is 436 g/mol.